The average Bonchev–Trinajstić information content (AvgIpc) is 2.83. The van der Waals surface area contributed by atoms with Crippen molar-refractivity contribution in [3.8, 4) is 11.5 Å². The van der Waals surface area contributed by atoms with Crippen LogP contribution in [0.15, 0.2) is 78.6 Å². The molecule has 3 aromatic rings. The lowest BCUT2D eigenvalue weighted by molar-refractivity contribution is -0.123. The van der Waals surface area contributed by atoms with Crippen LogP contribution in [0.2, 0.25) is 0 Å². The van der Waals surface area contributed by atoms with Gasteiger partial charge in [0.2, 0.25) is 5.91 Å². The fraction of sp³-hybridized carbons (Fsp3) is 0.185. The summed E-state index contributed by atoms with van der Waals surface area (Å²) in [6.45, 7) is 2.45. The number of hydrogen-bond donors (Lipinski definition) is 1. The standard InChI is InChI=1S/C27H26N2O4/c1-19-7-9-20(10-8-19)15-16-28-26(30)18-29-23-5-3-4-6-24(23)33-25(27(29)31)17-21-11-13-22(32-2)14-12-21/h3-14,17H,15-16,18H2,1-2H3,(H,28,30)/b25-17-. The van der Waals surface area contributed by atoms with Gasteiger partial charge in [-0.05, 0) is 54.8 Å². The van der Waals surface area contributed by atoms with Gasteiger partial charge in [-0.25, -0.2) is 0 Å². The van der Waals surface area contributed by atoms with Crippen LogP contribution < -0.4 is 19.7 Å². The van der Waals surface area contributed by atoms with Crippen LogP contribution in [0.1, 0.15) is 16.7 Å². The van der Waals surface area contributed by atoms with Crippen LogP contribution in [0.25, 0.3) is 6.08 Å². The molecule has 3 aromatic carbocycles. The van der Waals surface area contributed by atoms with E-state index in [4.69, 9.17) is 9.47 Å². The smallest absolute Gasteiger partial charge is 0.294 e. The summed E-state index contributed by atoms with van der Waals surface area (Å²) in [6, 6.07) is 22.7. The van der Waals surface area contributed by atoms with Gasteiger partial charge >= 0.3 is 0 Å². The summed E-state index contributed by atoms with van der Waals surface area (Å²) >= 11 is 0. The molecule has 1 aliphatic rings. The van der Waals surface area contributed by atoms with E-state index in [1.54, 1.807) is 25.3 Å². The highest BCUT2D eigenvalue weighted by Crippen LogP contribution is 2.35. The number of hydrogen-bond acceptors (Lipinski definition) is 4. The Hall–Kier alpha value is -4.06. The van der Waals surface area contributed by atoms with Gasteiger partial charge in [0.25, 0.3) is 5.91 Å². The summed E-state index contributed by atoms with van der Waals surface area (Å²) in [7, 11) is 1.60. The molecule has 0 aromatic heterocycles. The molecule has 0 saturated heterocycles. The SMILES string of the molecule is COc1ccc(/C=C2\Oc3ccccc3N(CC(=O)NCCc3ccc(C)cc3)C2=O)cc1. The third-order valence-electron chi connectivity index (χ3n) is 5.40. The minimum Gasteiger partial charge on any atom is -0.497 e. The largest absolute Gasteiger partial charge is 0.497 e. The molecule has 168 valence electrons. The lowest BCUT2D eigenvalue weighted by Gasteiger charge is -2.30. The van der Waals surface area contributed by atoms with Crippen LogP contribution in [-0.2, 0) is 16.0 Å². The van der Waals surface area contributed by atoms with E-state index >= 15 is 0 Å². The van der Waals surface area contributed by atoms with Crippen LogP contribution >= 0.6 is 0 Å². The number of methoxy groups -OCH3 is 1. The first-order valence-electron chi connectivity index (χ1n) is 10.8. The summed E-state index contributed by atoms with van der Waals surface area (Å²) in [4.78, 5) is 27.3. The van der Waals surface area contributed by atoms with Gasteiger partial charge in [0, 0.05) is 6.54 Å². The maximum Gasteiger partial charge on any atom is 0.294 e. The van der Waals surface area contributed by atoms with Gasteiger partial charge in [-0.1, -0.05) is 54.1 Å². The Balaban J connectivity index is 1.47. The van der Waals surface area contributed by atoms with E-state index in [0.29, 0.717) is 18.0 Å². The van der Waals surface area contributed by atoms with Gasteiger partial charge < -0.3 is 14.8 Å². The first-order chi connectivity index (χ1) is 16.0. The molecular formula is C27H26N2O4. The van der Waals surface area contributed by atoms with Crippen LogP contribution in [0.3, 0.4) is 0 Å². The molecule has 6 heteroatoms. The second-order valence-corrected chi connectivity index (χ2v) is 7.83. The Morgan fingerprint density at radius 2 is 1.76 bits per heavy atom. The molecule has 2 amide bonds. The molecule has 0 fully saturated rings. The van der Waals surface area contributed by atoms with Crippen LogP contribution in [-0.4, -0.2) is 32.0 Å². The van der Waals surface area contributed by atoms with E-state index < -0.39 is 0 Å². The fourth-order valence-corrected chi connectivity index (χ4v) is 3.57. The van der Waals surface area contributed by atoms with Crippen LogP contribution in [0.5, 0.6) is 11.5 Å². The minimum absolute atomic E-state index is 0.0902. The van der Waals surface area contributed by atoms with E-state index in [2.05, 4.69) is 29.6 Å². The monoisotopic (exact) mass is 442 g/mol. The van der Waals surface area contributed by atoms with Crippen LogP contribution in [0.4, 0.5) is 5.69 Å². The molecule has 1 heterocycles. The van der Waals surface area contributed by atoms with Crippen LogP contribution in [0, 0.1) is 6.92 Å². The number of anilines is 1. The maximum absolute atomic E-state index is 13.2. The molecule has 0 saturated carbocycles. The highest BCUT2D eigenvalue weighted by Gasteiger charge is 2.31. The number of aryl methyl sites for hydroxylation is 1. The molecule has 0 spiro atoms. The van der Waals surface area contributed by atoms with Crippen molar-refractivity contribution >= 4 is 23.6 Å². The first-order valence-corrected chi connectivity index (χ1v) is 10.8. The third kappa shape index (κ3) is 5.41. The summed E-state index contributed by atoms with van der Waals surface area (Å²) in [6.07, 6.45) is 2.39. The second kappa shape index (κ2) is 10.0. The van der Waals surface area contributed by atoms with Crippen molar-refractivity contribution in [2.45, 2.75) is 13.3 Å². The molecule has 0 unspecified atom stereocenters. The van der Waals surface area contributed by atoms with Gasteiger partial charge in [-0.2, -0.15) is 0 Å². The highest BCUT2D eigenvalue weighted by atomic mass is 16.5. The molecule has 6 nitrogen and oxygen atoms in total. The topological polar surface area (TPSA) is 67.9 Å². The van der Waals surface area contributed by atoms with Gasteiger partial charge in [-0.3, -0.25) is 14.5 Å². The van der Waals surface area contributed by atoms with E-state index in [1.807, 2.05) is 43.3 Å². The number of ether oxygens (including phenoxy) is 2. The van der Waals surface area contributed by atoms with Crippen molar-refractivity contribution in [2.24, 2.45) is 0 Å². The number of rotatable bonds is 7. The molecule has 0 atom stereocenters. The molecule has 0 radical (unpaired) electrons. The Morgan fingerprint density at radius 1 is 1.03 bits per heavy atom. The Labute approximate surface area is 193 Å². The predicted molar refractivity (Wildman–Crippen MR) is 128 cm³/mol. The zero-order valence-corrected chi connectivity index (χ0v) is 18.7. The number of benzene rings is 3. The van der Waals surface area contributed by atoms with E-state index in [-0.39, 0.29) is 24.1 Å². The predicted octanol–water partition coefficient (Wildman–Crippen LogP) is 4.13. The number of nitrogens with one attached hydrogen (secondary N) is 1. The second-order valence-electron chi connectivity index (χ2n) is 7.83. The number of fused-ring (bicyclic) bond motifs is 1. The van der Waals surface area contributed by atoms with Crippen molar-refractivity contribution in [1.29, 1.82) is 0 Å². The van der Waals surface area contributed by atoms with Gasteiger partial charge in [0.05, 0.1) is 12.8 Å². The minimum atomic E-state index is -0.363. The molecule has 33 heavy (non-hydrogen) atoms. The molecule has 1 aliphatic heterocycles. The highest BCUT2D eigenvalue weighted by molar-refractivity contribution is 6.12. The molecule has 1 N–H and O–H groups in total. The third-order valence-corrected chi connectivity index (χ3v) is 5.40. The van der Waals surface area contributed by atoms with Crippen molar-refractivity contribution in [2.75, 3.05) is 25.1 Å². The van der Waals surface area contributed by atoms with Gasteiger partial charge in [-0.15, -0.1) is 0 Å². The van der Waals surface area contributed by atoms with E-state index in [9.17, 15) is 9.59 Å². The summed E-state index contributed by atoms with van der Waals surface area (Å²) in [5.74, 6) is 0.826. The fourth-order valence-electron chi connectivity index (χ4n) is 3.57. The van der Waals surface area contributed by atoms with Crippen molar-refractivity contribution in [1.82, 2.24) is 5.32 Å². The molecule has 0 aliphatic carbocycles. The van der Waals surface area contributed by atoms with Crippen molar-refractivity contribution < 1.29 is 19.1 Å². The summed E-state index contributed by atoms with van der Waals surface area (Å²) in [5, 5.41) is 2.91. The number of carbonyl (C=O) groups excluding carboxylic acids is 2. The van der Waals surface area contributed by atoms with E-state index in [1.165, 1.54) is 10.5 Å². The Kier molecular flexibility index (Phi) is 6.74. The quantitative estimate of drug-likeness (QED) is 0.559. The Bertz CT molecular complexity index is 1170. The van der Waals surface area contributed by atoms with E-state index in [0.717, 1.165) is 23.3 Å². The Morgan fingerprint density at radius 3 is 2.48 bits per heavy atom. The lowest BCUT2D eigenvalue weighted by Crippen LogP contribution is -2.44. The number of para-hydroxylation sites is 2. The number of carbonyl (C=O) groups is 2. The number of amides is 2. The average molecular weight is 443 g/mol. The zero-order valence-electron chi connectivity index (χ0n) is 18.7. The van der Waals surface area contributed by atoms with Gasteiger partial charge in [0.15, 0.2) is 11.5 Å². The number of nitrogens with zero attached hydrogens (tertiary/aromatic N) is 1. The maximum atomic E-state index is 13.2. The molecular weight excluding hydrogens is 416 g/mol. The summed E-state index contributed by atoms with van der Waals surface area (Å²) < 4.78 is 11.1. The van der Waals surface area contributed by atoms with Crippen molar-refractivity contribution in [3.63, 3.8) is 0 Å². The summed E-state index contributed by atoms with van der Waals surface area (Å²) in [5.41, 5.74) is 3.72. The first kappa shape index (κ1) is 22.1. The molecule has 0 bridgehead atoms. The van der Waals surface area contributed by atoms with Gasteiger partial charge in [0.1, 0.15) is 12.3 Å². The normalized spacial score (nSPS) is 13.9. The lowest BCUT2D eigenvalue weighted by atomic mass is 10.1. The molecule has 4 rings (SSSR count). The van der Waals surface area contributed by atoms with Crippen molar-refractivity contribution in [3.05, 3.63) is 95.2 Å². The zero-order chi connectivity index (χ0) is 23.2.